The second-order valence-electron chi connectivity index (χ2n) is 7.50. The average Bonchev–Trinajstić information content (AvgIpc) is 3.47. The van der Waals surface area contributed by atoms with Gasteiger partial charge in [0.2, 0.25) is 0 Å². The van der Waals surface area contributed by atoms with Crippen LogP contribution in [0.1, 0.15) is 34.2 Å². The fourth-order valence-electron chi connectivity index (χ4n) is 3.92. The van der Waals surface area contributed by atoms with Crippen molar-refractivity contribution in [1.29, 1.82) is 0 Å². The third-order valence-corrected chi connectivity index (χ3v) is 5.65. The molecule has 1 aliphatic rings. The van der Waals surface area contributed by atoms with E-state index in [9.17, 15) is 4.79 Å². The minimum absolute atomic E-state index is 0.110. The Labute approximate surface area is 178 Å². The summed E-state index contributed by atoms with van der Waals surface area (Å²) in [6.45, 7) is 6.55. The molecule has 1 N–H and O–H groups in total. The molecule has 0 bridgehead atoms. The Morgan fingerprint density at radius 2 is 2.03 bits per heavy atom. The number of imidazole rings is 1. The number of benzene rings is 2. The third-order valence-electron chi connectivity index (χ3n) is 5.33. The Morgan fingerprint density at radius 1 is 1.23 bits per heavy atom. The molecule has 5 rings (SSSR count). The SMILES string of the molecule is C=C1CC(c2nc3cccc(Cl)c3[nH]2)N(C(=O)c2cc(C)ccc2-n2nccn2)C1. The molecule has 0 aliphatic carbocycles. The van der Waals surface area contributed by atoms with E-state index in [4.69, 9.17) is 16.6 Å². The Hall–Kier alpha value is -3.45. The maximum absolute atomic E-state index is 13.7. The lowest BCUT2D eigenvalue weighted by atomic mass is 10.1. The molecular weight excluding hydrogens is 400 g/mol. The first-order valence-electron chi connectivity index (χ1n) is 9.60. The number of nitrogens with zero attached hydrogens (tertiary/aromatic N) is 5. The predicted molar refractivity (Wildman–Crippen MR) is 115 cm³/mol. The number of likely N-dealkylation sites (tertiary alicyclic amines) is 1. The van der Waals surface area contributed by atoms with Crippen LogP contribution in [0.15, 0.2) is 60.9 Å². The van der Waals surface area contributed by atoms with Crippen LogP contribution in [-0.4, -0.2) is 42.3 Å². The molecule has 0 radical (unpaired) electrons. The summed E-state index contributed by atoms with van der Waals surface area (Å²) in [5.74, 6) is 0.595. The first kappa shape index (κ1) is 18.6. The number of aryl methyl sites for hydroxylation is 1. The molecular formula is C22H19ClN6O. The normalized spacial score (nSPS) is 16.5. The van der Waals surface area contributed by atoms with E-state index in [-0.39, 0.29) is 11.9 Å². The van der Waals surface area contributed by atoms with Gasteiger partial charge in [-0.25, -0.2) is 4.98 Å². The highest BCUT2D eigenvalue weighted by atomic mass is 35.5. The van der Waals surface area contributed by atoms with Crippen molar-refractivity contribution in [2.45, 2.75) is 19.4 Å². The number of fused-ring (bicyclic) bond motifs is 1. The summed E-state index contributed by atoms with van der Waals surface area (Å²) >= 11 is 6.31. The number of nitrogens with one attached hydrogen (secondary N) is 1. The van der Waals surface area contributed by atoms with Gasteiger partial charge in [-0.2, -0.15) is 15.0 Å². The average molecular weight is 419 g/mol. The third kappa shape index (κ3) is 3.07. The summed E-state index contributed by atoms with van der Waals surface area (Å²) < 4.78 is 0. The standard InChI is InChI=1S/C22H19ClN6O/c1-13-6-7-18(29-24-8-9-25-29)15(10-13)22(30)28-12-14(2)11-19(28)21-26-17-5-3-4-16(23)20(17)27-21/h3-10,19H,2,11-12H2,1H3,(H,26,27). The van der Waals surface area contributed by atoms with Gasteiger partial charge in [-0.1, -0.05) is 41.4 Å². The van der Waals surface area contributed by atoms with Crippen LogP contribution in [0.4, 0.5) is 0 Å². The van der Waals surface area contributed by atoms with Gasteiger partial charge in [-0.3, -0.25) is 4.79 Å². The molecule has 3 heterocycles. The lowest BCUT2D eigenvalue weighted by molar-refractivity contribution is 0.0732. The summed E-state index contributed by atoms with van der Waals surface area (Å²) in [6.07, 6.45) is 3.82. The van der Waals surface area contributed by atoms with Crippen LogP contribution < -0.4 is 0 Å². The largest absolute Gasteiger partial charge is 0.339 e. The van der Waals surface area contributed by atoms with E-state index in [2.05, 4.69) is 21.8 Å². The number of aromatic nitrogens is 5. The van der Waals surface area contributed by atoms with Crippen molar-refractivity contribution in [1.82, 2.24) is 29.9 Å². The van der Waals surface area contributed by atoms with E-state index in [0.29, 0.717) is 35.1 Å². The maximum atomic E-state index is 13.7. The number of amides is 1. The van der Waals surface area contributed by atoms with Crippen LogP contribution in [0, 0.1) is 6.92 Å². The van der Waals surface area contributed by atoms with E-state index >= 15 is 0 Å². The van der Waals surface area contributed by atoms with Gasteiger partial charge in [-0.05, 0) is 37.6 Å². The topological polar surface area (TPSA) is 79.7 Å². The zero-order valence-electron chi connectivity index (χ0n) is 16.3. The zero-order chi connectivity index (χ0) is 20.8. The van der Waals surface area contributed by atoms with Crippen LogP contribution in [0.2, 0.25) is 5.02 Å². The summed E-state index contributed by atoms with van der Waals surface area (Å²) in [5, 5.41) is 9.00. The molecule has 4 aromatic rings. The monoisotopic (exact) mass is 418 g/mol. The zero-order valence-corrected chi connectivity index (χ0v) is 17.1. The van der Waals surface area contributed by atoms with Gasteiger partial charge >= 0.3 is 0 Å². The molecule has 0 saturated carbocycles. The Kier molecular flexibility index (Phi) is 4.40. The first-order valence-corrected chi connectivity index (χ1v) is 9.98. The van der Waals surface area contributed by atoms with Crippen molar-refractivity contribution in [3.63, 3.8) is 0 Å². The van der Waals surface area contributed by atoms with E-state index in [0.717, 1.165) is 22.2 Å². The van der Waals surface area contributed by atoms with E-state index in [1.165, 1.54) is 4.80 Å². The highest BCUT2D eigenvalue weighted by Gasteiger charge is 2.36. The number of carbonyl (C=O) groups is 1. The van der Waals surface area contributed by atoms with Crippen molar-refractivity contribution in [3.05, 3.63) is 82.9 Å². The molecule has 1 atom stereocenters. The molecule has 1 unspecified atom stereocenters. The number of aromatic amines is 1. The fraction of sp³-hybridized carbons (Fsp3) is 0.182. The number of rotatable bonds is 3. The lowest BCUT2D eigenvalue weighted by Gasteiger charge is -2.24. The second-order valence-corrected chi connectivity index (χ2v) is 7.91. The van der Waals surface area contributed by atoms with Crippen LogP contribution in [-0.2, 0) is 0 Å². The Balaban J connectivity index is 1.57. The van der Waals surface area contributed by atoms with Gasteiger partial charge < -0.3 is 9.88 Å². The van der Waals surface area contributed by atoms with Gasteiger partial charge in [0.1, 0.15) is 5.82 Å². The summed E-state index contributed by atoms with van der Waals surface area (Å²) in [7, 11) is 0. The number of hydrogen-bond acceptors (Lipinski definition) is 4. The smallest absolute Gasteiger partial charge is 0.257 e. The summed E-state index contributed by atoms with van der Waals surface area (Å²) in [6, 6.07) is 11.0. The van der Waals surface area contributed by atoms with Gasteiger partial charge in [0.15, 0.2) is 0 Å². The van der Waals surface area contributed by atoms with Crippen molar-refractivity contribution in [3.8, 4) is 5.69 Å². The second kappa shape index (κ2) is 7.11. The Bertz CT molecular complexity index is 1280. The van der Waals surface area contributed by atoms with Crippen molar-refractivity contribution < 1.29 is 4.79 Å². The van der Waals surface area contributed by atoms with Crippen molar-refractivity contribution >= 4 is 28.5 Å². The lowest BCUT2D eigenvalue weighted by Crippen LogP contribution is -2.32. The molecule has 2 aromatic carbocycles. The van der Waals surface area contributed by atoms with E-state index in [1.807, 2.05) is 43.3 Å². The van der Waals surface area contributed by atoms with Crippen molar-refractivity contribution in [2.75, 3.05) is 6.54 Å². The molecule has 1 fully saturated rings. The molecule has 8 heteroatoms. The van der Waals surface area contributed by atoms with Crippen LogP contribution >= 0.6 is 11.6 Å². The Morgan fingerprint density at radius 3 is 2.80 bits per heavy atom. The molecule has 30 heavy (non-hydrogen) atoms. The summed E-state index contributed by atoms with van der Waals surface area (Å²) in [5.41, 5.74) is 4.70. The number of hydrogen-bond donors (Lipinski definition) is 1. The van der Waals surface area contributed by atoms with Crippen LogP contribution in [0.25, 0.3) is 16.7 Å². The van der Waals surface area contributed by atoms with Crippen LogP contribution in [0.3, 0.4) is 0 Å². The first-order chi connectivity index (χ1) is 14.5. The predicted octanol–water partition coefficient (Wildman–Crippen LogP) is 4.25. The quantitative estimate of drug-likeness (QED) is 0.504. The van der Waals surface area contributed by atoms with Gasteiger partial charge in [0, 0.05) is 6.54 Å². The maximum Gasteiger partial charge on any atom is 0.257 e. The molecule has 1 saturated heterocycles. The number of para-hydroxylation sites is 1. The molecule has 0 spiro atoms. The van der Waals surface area contributed by atoms with Gasteiger partial charge in [0.05, 0.1) is 45.7 Å². The van der Waals surface area contributed by atoms with Gasteiger partial charge in [-0.15, -0.1) is 0 Å². The number of H-pyrrole nitrogens is 1. The fourth-order valence-corrected chi connectivity index (χ4v) is 4.14. The highest BCUT2D eigenvalue weighted by molar-refractivity contribution is 6.34. The minimum atomic E-state index is -0.243. The number of halogens is 1. The molecule has 2 aromatic heterocycles. The molecule has 1 aliphatic heterocycles. The van der Waals surface area contributed by atoms with Crippen molar-refractivity contribution in [2.24, 2.45) is 0 Å². The highest BCUT2D eigenvalue weighted by Crippen LogP contribution is 2.36. The summed E-state index contributed by atoms with van der Waals surface area (Å²) in [4.78, 5) is 25.0. The van der Waals surface area contributed by atoms with E-state index in [1.54, 1.807) is 17.3 Å². The van der Waals surface area contributed by atoms with Crippen LogP contribution in [0.5, 0.6) is 0 Å². The van der Waals surface area contributed by atoms with E-state index < -0.39 is 0 Å². The van der Waals surface area contributed by atoms with Gasteiger partial charge in [0.25, 0.3) is 5.91 Å². The minimum Gasteiger partial charge on any atom is -0.339 e. The molecule has 7 nitrogen and oxygen atoms in total. The number of carbonyl (C=O) groups excluding carboxylic acids is 1. The molecule has 1 amide bonds. The molecule has 150 valence electrons.